The van der Waals surface area contributed by atoms with E-state index in [0.717, 1.165) is 31.1 Å². The van der Waals surface area contributed by atoms with E-state index >= 15 is 0 Å². The standard InChI is InChI=1S/C14H25N3O2/c1-4-5-15-14-9-16-13(8-17-14)11-19-7-6-18-10-12(2)3/h8-9,12H,4-7,10-11H2,1-3H3,(H,15,17). The highest BCUT2D eigenvalue weighted by Crippen LogP contribution is 2.02. The fourth-order valence-corrected chi connectivity index (χ4v) is 1.39. The first-order valence-electron chi connectivity index (χ1n) is 6.92. The van der Waals surface area contributed by atoms with Gasteiger partial charge in [-0.05, 0) is 12.3 Å². The highest BCUT2D eigenvalue weighted by Gasteiger charge is 1.98. The molecule has 0 atom stereocenters. The Balaban J connectivity index is 2.12. The van der Waals surface area contributed by atoms with Crippen molar-refractivity contribution in [1.29, 1.82) is 0 Å². The van der Waals surface area contributed by atoms with Crippen molar-refractivity contribution in [1.82, 2.24) is 9.97 Å². The molecule has 0 aliphatic rings. The Hall–Kier alpha value is -1.20. The lowest BCUT2D eigenvalue weighted by Crippen LogP contribution is -2.09. The lowest BCUT2D eigenvalue weighted by Gasteiger charge is -2.07. The van der Waals surface area contributed by atoms with E-state index in [2.05, 4.69) is 36.1 Å². The zero-order valence-corrected chi connectivity index (χ0v) is 12.2. The Morgan fingerprint density at radius 3 is 2.58 bits per heavy atom. The van der Waals surface area contributed by atoms with Crippen molar-refractivity contribution in [3.8, 4) is 0 Å². The first kappa shape index (κ1) is 15.9. The average molecular weight is 267 g/mol. The van der Waals surface area contributed by atoms with Gasteiger partial charge in [-0.1, -0.05) is 20.8 Å². The number of hydrogen-bond acceptors (Lipinski definition) is 5. The minimum atomic E-state index is 0.478. The average Bonchev–Trinajstić information content (AvgIpc) is 2.41. The first-order valence-corrected chi connectivity index (χ1v) is 6.92. The zero-order valence-electron chi connectivity index (χ0n) is 12.2. The van der Waals surface area contributed by atoms with Crippen LogP contribution in [0.3, 0.4) is 0 Å². The van der Waals surface area contributed by atoms with Crippen molar-refractivity contribution < 1.29 is 9.47 Å². The largest absolute Gasteiger partial charge is 0.379 e. The van der Waals surface area contributed by atoms with Crippen molar-refractivity contribution in [2.45, 2.75) is 33.8 Å². The van der Waals surface area contributed by atoms with Gasteiger partial charge in [0.1, 0.15) is 5.82 Å². The number of anilines is 1. The molecule has 0 unspecified atom stereocenters. The van der Waals surface area contributed by atoms with Crippen LogP contribution in [0.5, 0.6) is 0 Å². The first-order chi connectivity index (χ1) is 9.22. The van der Waals surface area contributed by atoms with Crippen LogP contribution in [-0.2, 0) is 16.1 Å². The van der Waals surface area contributed by atoms with Crippen LogP contribution >= 0.6 is 0 Å². The van der Waals surface area contributed by atoms with Gasteiger partial charge in [-0.2, -0.15) is 0 Å². The summed E-state index contributed by atoms with van der Waals surface area (Å²) in [6.45, 7) is 9.76. The van der Waals surface area contributed by atoms with Crippen LogP contribution in [0, 0.1) is 5.92 Å². The van der Waals surface area contributed by atoms with Crippen LogP contribution < -0.4 is 5.32 Å². The maximum absolute atomic E-state index is 5.47. The quantitative estimate of drug-likeness (QED) is 0.660. The van der Waals surface area contributed by atoms with Gasteiger partial charge in [0.25, 0.3) is 0 Å². The lowest BCUT2D eigenvalue weighted by molar-refractivity contribution is 0.0304. The zero-order chi connectivity index (χ0) is 13.9. The third-order valence-corrected chi connectivity index (χ3v) is 2.33. The summed E-state index contributed by atoms with van der Waals surface area (Å²) in [5.41, 5.74) is 0.839. The van der Waals surface area contributed by atoms with Crippen LogP contribution in [0.1, 0.15) is 32.9 Å². The molecule has 1 aromatic heterocycles. The van der Waals surface area contributed by atoms with Crippen molar-refractivity contribution in [3.05, 3.63) is 18.1 Å². The second-order valence-electron chi connectivity index (χ2n) is 4.84. The van der Waals surface area contributed by atoms with Gasteiger partial charge < -0.3 is 14.8 Å². The molecule has 0 saturated heterocycles. The third kappa shape index (κ3) is 7.74. The molecular formula is C14H25N3O2. The SMILES string of the molecule is CCCNc1cnc(COCCOCC(C)C)cn1. The summed E-state index contributed by atoms with van der Waals surface area (Å²) < 4.78 is 10.9. The van der Waals surface area contributed by atoms with E-state index in [4.69, 9.17) is 9.47 Å². The highest BCUT2D eigenvalue weighted by molar-refractivity contribution is 5.30. The molecule has 0 fully saturated rings. The molecule has 5 nitrogen and oxygen atoms in total. The minimum absolute atomic E-state index is 0.478. The minimum Gasteiger partial charge on any atom is -0.379 e. The molecule has 1 rings (SSSR count). The van der Waals surface area contributed by atoms with E-state index in [1.807, 2.05) is 0 Å². The molecule has 0 aliphatic carbocycles. The predicted octanol–water partition coefficient (Wildman–Crippen LogP) is 2.49. The van der Waals surface area contributed by atoms with Crippen molar-refractivity contribution in [3.63, 3.8) is 0 Å². The fraction of sp³-hybridized carbons (Fsp3) is 0.714. The van der Waals surface area contributed by atoms with E-state index in [1.54, 1.807) is 12.4 Å². The van der Waals surface area contributed by atoms with Crippen LogP contribution in [-0.4, -0.2) is 36.3 Å². The number of nitrogens with zero attached hydrogens (tertiary/aromatic N) is 2. The molecule has 5 heteroatoms. The van der Waals surface area contributed by atoms with E-state index in [1.165, 1.54) is 0 Å². The summed E-state index contributed by atoms with van der Waals surface area (Å²) in [5.74, 6) is 1.37. The molecular weight excluding hydrogens is 242 g/mol. The predicted molar refractivity (Wildman–Crippen MR) is 76.1 cm³/mol. The van der Waals surface area contributed by atoms with Crippen molar-refractivity contribution in [2.24, 2.45) is 5.92 Å². The smallest absolute Gasteiger partial charge is 0.144 e. The summed E-state index contributed by atoms with van der Waals surface area (Å²) in [5, 5.41) is 3.18. The van der Waals surface area contributed by atoms with Gasteiger partial charge in [-0.3, -0.25) is 4.98 Å². The van der Waals surface area contributed by atoms with Crippen LogP contribution in [0.2, 0.25) is 0 Å². The Morgan fingerprint density at radius 1 is 1.16 bits per heavy atom. The Labute approximate surface area is 115 Å². The number of hydrogen-bond donors (Lipinski definition) is 1. The van der Waals surface area contributed by atoms with Crippen LogP contribution in [0.15, 0.2) is 12.4 Å². The van der Waals surface area contributed by atoms with Crippen molar-refractivity contribution in [2.75, 3.05) is 31.7 Å². The molecule has 1 N–H and O–H groups in total. The molecule has 1 heterocycles. The third-order valence-electron chi connectivity index (χ3n) is 2.33. The van der Waals surface area contributed by atoms with Gasteiger partial charge in [0.15, 0.2) is 0 Å². The Bertz CT molecular complexity index is 328. The van der Waals surface area contributed by atoms with Gasteiger partial charge in [-0.25, -0.2) is 4.98 Å². The number of rotatable bonds is 10. The molecule has 0 saturated carbocycles. The maximum Gasteiger partial charge on any atom is 0.144 e. The normalized spacial score (nSPS) is 10.9. The van der Waals surface area contributed by atoms with Gasteiger partial charge in [0, 0.05) is 13.2 Å². The number of nitrogens with one attached hydrogen (secondary N) is 1. The second-order valence-corrected chi connectivity index (χ2v) is 4.84. The number of aromatic nitrogens is 2. The Kier molecular flexibility index (Phi) is 8.09. The van der Waals surface area contributed by atoms with Gasteiger partial charge in [0.05, 0.1) is 37.9 Å². The molecule has 0 aromatic carbocycles. The lowest BCUT2D eigenvalue weighted by atomic mass is 10.2. The molecule has 0 amide bonds. The van der Waals surface area contributed by atoms with E-state index < -0.39 is 0 Å². The van der Waals surface area contributed by atoms with E-state index in [-0.39, 0.29) is 0 Å². The molecule has 1 aromatic rings. The fourth-order valence-electron chi connectivity index (χ4n) is 1.39. The Morgan fingerprint density at radius 2 is 1.95 bits per heavy atom. The topological polar surface area (TPSA) is 56.3 Å². The van der Waals surface area contributed by atoms with Gasteiger partial charge >= 0.3 is 0 Å². The van der Waals surface area contributed by atoms with E-state index in [0.29, 0.717) is 25.7 Å². The van der Waals surface area contributed by atoms with E-state index in [9.17, 15) is 0 Å². The maximum atomic E-state index is 5.47. The summed E-state index contributed by atoms with van der Waals surface area (Å²) in [6.07, 6.45) is 4.56. The van der Waals surface area contributed by atoms with Gasteiger partial charge in [0.2, 0.25) is 0 Å². The van der Waals surface area contributed by atoms with Crippen LogP contribution in [0.4, 0.5) is 5.82 Å². The highest BCUT2D eigenvalue weighted by atomic mass is 16.5. The molecule has 108 valence electrons. The molecule has 0 aliphatic heterocycles. The molecule has 0 spiro atoms. The monoisotopic (exact) mass is 267 g/mol. The molecule has 19 heavy (non-hydrogen) atoms. The second kappa shape index (κ2) is 9.69. The summed E-state index contributed by atoms with van der Waals surface area (Å²) in [7, 11) is 0. The number of ether oxygens (including phenoxy) is 2. The van der Waals surface area contributed by atoms with Gasteiger partial charge in [-0.15, -0.1) is 0 Å². The summed E-state index contributed by atoms with van der Waals surface area (Å²) in [6, 6.07) is 0. The summed E-state index contributed by atoms with van der Waals surface area (Å²) in [4.78, 5) is 8.56. The van der Waals surface area contributed by atoms with Crippen LogP contribution in [0.25, 0.3) is 0 Å². The summed E-state index contributed by atoms with van der Waals surface area (Å²) >= 11 is 0. The van der Waals surface area contributed by atoms with Crippen molar-refractivity contribution >= 4 is 5.82 Å². The molecule has 0 radical (unpaired) electrons. The molecule has 0 bridgehead atoms.